The number of aryl methyl sites for hydroxylation is 3. The van der Waals surface area contributed by atoms with Crippen molar-refractivity contribution in [2.45, 2.75) is 72.8 Å². The molecule has 5 heteroatoms. The first-order chi connectivity index (χ1) is 13.4. The summed E-state index contributed by atoms with van der Waals surface area (Å²) < 4.78 is 2.19. The molecule has 0 aliphatic rings. The van der Waals surface area contributed by atoms with Gasteiger partial charge in [-0.2, -0.15) is 0 Å². The molecule has 1 atom stereocenters. The normalized spacial score (nSPS) is 12.9. The lowest BCUT2D eigenvalue weighted by Crippen LogP contribution is -2.10. The van der Waals surface area contributed by atoms with E-state index in [0.717, 1.165) is 64.3 Å². The Balaban J connectivity index is 2.17. The zero-order valence-electron chi connectivity index (χ0n) is 18.0. The topological polar surface area (TPSA) is 63.8 Å². The van der Waals surface area contributed by atoms with Crippen LogP contribution in [0.1, 0.15) is 75.1 Å². The Bertz CT molecular complexity index is 974. The van der Waals surface area contributed by atoms with Crippen LogP contribution in [-0.4, -0.2) is 31.2 Å². The molecule has 0 unspecified atom stereocenters. The van der Waals surface area contributed by atoms with Crippen LogP contribution in [0.5, 0.6) is 0 Å². The molecule has 0 bridgehead atoms. The highest BCUT2D eigenvalue weighted by atomic mass is 16.3. The monoisotopic (exact) mass is 380 g/mol. The number of fused-ring (bicyclic) bond motifs is 1. The molecule has 0 spiro atoms. The predicted octanol–water partition coefficient (Wildman–Crippen LogP) is 5.13. The fourth-order valence-electron chi connectivity index (χ4n) is 3.83. The van der Waals surface area contributed by atoms with E-state index in [1.165, 1.54) is 0 Å². The third-order valence-electron chi connectivity index (χ3n) is 5.51. The maximum atomic E-state index is 9.42. The maximum absolute atomic E-state index is 9.42. The van der Waals surface area contributed by atoms with Crippen molar-refractivity contribution in [2.75, 3.05) is 6.61 Å². The van der Waals surface area contributed by atoms with Crippen LogP contribution >= 0.6 is 0 Å². The molecule has 150 valence electrons. The van der Waals surface area contributed by atoms with Gasteiger partial charge in [0, 0.05) is 35.8 Å². The van der Waals surface area contributed by atoms with Gasteiger partial charge in [0.15, 0.2) is 5.65 Å². The Kier molecular flexibility index (Phi) is 6.14. The fraction of sp³-hybridized carbons (Fsp3) is 0.522. The summed E-state index contributed by atoms with van der Waals surface area (Å²) in [6, 6.07) is 4.49. The molecule has 0 aliphatic carbocycles. The van der Waals surface area contributed by atoms with Crippen molar-refractivity contribution in [1.82, 2.24) is 19.5 Å². The lowest BCUT2D eigenvalue weighted by Gasteiger charge is -2.17. The van der Waals surface area contributed by atoms with Gasteiger partial charge >= 0.3 is 0 Å². The van der Waals surface area contributed by atoms with Gasteiger partial charge in [-0.15, -0.1) is 0 Å². The Morgan fingerprint density at radius 1 is 1.07 bits per heavy atom. The Morgan fingerprint density at radius 2 is 1.82 bits per heavy atom. The van der Waals surface area contributed by atoms with Crippen LogP contribution in [0.3, 0.4) is 0 Å². The highest BCUT2D eigenvalue weighted by molar-refractivity contribution is 5.80. The second-order valence-electron chi connectivity index (χ2n) is 7.86. The number of aliphatic hydroxyl groups is 1. The fourth-order valence-corrected chi connectivity index (χ4v) is 3.83. The molecule has 0 aliphatic heterocycles. The van der Waals surface area contributed by atoms with E-state index in [-0.39, 0.29) is 12.6 Å². The van der Waals surface area contributed by atoms with E-state index in [2.05, 4.69) is 57.5 Å². The van der Waals surface area contributed by atoms with Crippen LogP contribution in [0.25, 0.3) is 22.4 Å². The molecule has 0 aromatic carbocycles. The molecule has 0 radical (unpaired) electrons. The third kappa shape index (κ3) is 3.68. The first-order valence-electron chi connectivity index (χ1n) is 10.4. The number of aliphatic hydroxyl groups excluding tert-OH is 1. The van der Waals surface area contributed by atoms with Crippen LogP contribution in [0.2, 0.25) is 0 Å². The Labute approximate surface area is 167 Å². The number of rotatable bonds is 7. The first kappa shape index (κ1) is 20.5. The molecule has 3 aromatic heterocycles. The average Bonchev–Trinajstić information content (AvgIpc) is 3.00. The van der Waals surface area contributed by atoms with E-state index in [9.17, 15) is 5.11 Å². The Morgan fingerprint density at radius 3 is 2.43 bits per heavy atom. The highest BCUT2D eigenvalue weighted by Gasteiger charge is 2.19. The summed E-state index contributed by atoms with van der Waals surface area (Å²) in [5.74, 6) is 0.405. The van der Waals surface area contributed by atoms with E-state index in [4.69, 9.17) is 15.0 Å². The second-order valence-corrected chi connectivity index (χ2v) is 7.86. The molecular weight excluding hydrogens is 348 g/mol. The van der Waals surface area contributed by atoms with E-state index in [1.54, 1.807) is 0 Å². The zero-order chi connectivity index (χ0) is 20.4. The smallest absolute Gasteiger partial charge is 0.159 e. The maximum Gasteiger partial charge on any atom is 0.159 e. The number of pyridine rings is 1. The van der Waals surface area contributed by atoms with E-state index in [0.29, 0.717) is 5.92 Å². The van der Waals surface area contributed by atoms with Gasteiger partial charge in [0.1, 0.15) is 5.52 Å². The van der Waals surface area contributed by atoms with Crippen molar-refractivity contribution in [2.24, 2.45) is 0 Å². The van der Waals surface area contributed by atoms with Crippen molar-refractivity contribution >= 4 is 11.2 Å². The van der Waals surface area contributed by atoms with Crippen molar-refractivity contribution in [3.05, 3.63) is 41.0 Å². The van der Waals surface area contributed by atoms with Crippen molar-refractivity contribution in [3.8, 4) is 11.3 Å². The van der Waals surface area contributed by atoms with Gasteiger partial charge in [-0.05, 0) is 56.7 Å². The molecule has 3 aromatic rings. The number of aromatic nitrogens is 4. The van der Waals surface area contributed by atoms with Gasteiger partial charge in [-0.3, -0.25) is 4.98 Å². The summed E-state index contributed by atoms with van der Waals surface area (Å²) in [7, 11) is 0. The van der Waals surface area contributed by atoms with Gasteiger partial charge in [0.25, 0.3) is 0 Å². The van der Waals surface area contributed by atoms with E-state index < -0.39 is 0 Å². The van der Waals surface area contributed by atoms with E-state index >= 15 is 0 Å². The summed E-state index contributed by atoms with van der Waals surface area (Å²) in [6.45, 7) is 12.9. The Hall–Kier alpha value is -2.27. The summed E-state index contributed by atoms with van der Waals surface area (Å²) in [6.07, 6.45) is 4.66. The summed E-state index contributed by atoms with van der Waals surface area (Å²) in [5, 5.41) is 9.42. The minimum Gasteiger partial charge on any atom is -0.396 e. The van der Waals surface area contributed by atoms with Gasteiger partial charge < -0.3 is 9.67 Å². The van der Waals surface area contributed by atoms with Gasteiger partial charge in [-0.1, -0.05) is 27.7 Å². The average molecular weight is 381 g/mol. The van der Waals surface area contributed by atoms with Crippen molar-refractivity contribution in [3.63, 3.8) is 0 Å². The van der Waals surface area contributed by atoms with Gasteiger partial charge in [0.2, 0.25) is 0 Å². The molecular formula is C23H32N4O. The van der Waals surface area contributed by atoms with Crippen LogP contribution in [0.15, 0.2) is 18.3 Å². The SMILES string of the molecule is CCc1nc(C(C)C)ccc1-c1nc2c(C)cn([C@H](CC)CCO)c2nc1C. The lowest BCUT2D eigenvalue weighted by atomic mass is 10.0. The number of nitrogens with zero attached hydrogens (tertiary/aromatic N) is 4. The summed E-state index contributed by atoms with van der Waals surface area (Å²) >= 11 is 0. The quantitative estimate of drug-likeness (QED) is 0.617. The van der Waals surface area contributed by atoms with Crippen LogP contribution < -0.4 is 0 Å². The van der Waals surface area contributed by atoms with E-state index in [1.807, 2.05) is 6.92 Å². The first-order valence-corrected chi connectivity index (χ1v) is 10.4. The van der Waals surface area contributed by atoms with Crippen LogP contribution in [0.4, 0.5) is 0 Å². The number of hydrogen-bond acceptors (Lipinski definition) is 4. The molecule has 0 saturated heterocycles. The van der Waals surface area contributed by atoms with Crippen molar-refractivity contribution in [1.29, 1.82) is 0 Å². The minimum atomic E-state index is 0.176. The molecule has 0 amide bonds. The lowest BCUT2D eigenvalue weighted by molar-refractivity contribution is 0.256. The predicted molar refractivity (Wildman–Crippen MR) is 115 cm³/mol. The highest BCUT2D eigenvalue weighted by Crippen LogP contribution is 2.31. The molecule has 28 heavy (non-hydrogen) atoms. The van der Waals surface area contributed by atoms with Crippen molar-refractivity contribution < 1.29 is 5.11 Å². The van der Waals surface area contributed by atoms with Crippen LogP contribution in [-0.2, 0) is 6.42 Å². The standard InChI is InChI=1S/C23H32N4O/c1-7-17(11-12-28)27-13-15(5)21-23(27)24-16(6)22(26-21)18-9-10-20(14(3)4)25-19(18)8-2/h9-10,13-14,17,28H,7-8,11-12H2,1-6H3/t17-/m1/s1. The summed E-state index contributed by atoms with van der Waals surface area (Å²) in [5.41, 5.74) is 8.06. The molecule has 3 heterocycles. The molecule has 1 N–H and O–H groups in total. The summed E-state index contributed by atoms with van der Waals surface area (Å²) in [4.78, 5) is 14.9. The third-order valence-corrected chi connectivity index (χ3v) is 5.51. The van der Waals surface area contributed by atoms with Gasteiger partial charge in [0.05, 0.1) is 11.4 Å². The largest absolute Gasteiger partial charge is 0.396 e. The van der Waals surface area contributed by atoms with Crippen LogP contribution in [0, 0.1) is 13.8 Å². The minimum absolute atomic E-state index is 0.176. The zero-order valence-corrected chi connectivity index (χ0v) is 18.0. The molecule has 0 saturated carbocycles. The molecule has 0 fully saturated rings. The number of hydrogen-bond donors (Lipinski definition) is 1. The van der Waals surface area contributed by atoms with Gasteiger partial charge in [-0.25, -0.2) is 9.97 Å². The molecule has 5 nitrogen and oxygen atoms in total. The molecule has 3 rings (SSSR count). The second kappa shape index (κ2) is 8.39.